The van der Waals surface area contributed by atoms with Gasteiger partial charge in [0.1, 0.15) is 5.75 Å². The number of halogens is 2. The Morgan fingerprint density at radius 1 is 0.960 bits per heavy atom. The molecule has 25 heavy (non-hydrogen) atoms. The first kappa shape index (κ1) is 16.8. The van der Waals surface area contributed by atoms with Gasteiger partial charge in [-0.25, -0.2) is 4.98 Å². The lowest BCUT2D eigenvalue weighted by Gasteiger charge is -2.36. The number of aromatic nitrogens is 1. The molecule has 0 amide bonds. The number of hydrogen-bond donors (Lipinski definition) is 0. The molecule has 130 valence electrons. The summed E-state index contributed by atoms with van der Waals surface area (Å²) in [7, 11) is 1.69. The maximum absolute atomic E-state index is 6.14. The van der Waals surface area contributed by atoms with Crippen molar-refractivity contribution in [1.29, 1.82) is 0 Å². The summed E-state index contributed by atoms with van der Waals surface area (Å²) >= 11 is 13.9. The minimum Gasteiger partial charge on any atom is -0.497 e. The van der Waals surface area contributed by atoms with E-state index < -0.39 is 0 Å². The van der Waals surface area contributed by atoms with E-state index in [1.807, 2.05) is 36.4 Å². The summed E-state index contributed by atoms with van der Waals surface area (Å²) in [6, 6.07) is 11.8. The van der Waals surface area contributed by atoms with Crippen LogP contribution in [0.1, 0.15) is 0 Å². The maximum atomic E-state index is 6.14. The van der Waals surface area contributed by atoms with Crippen LogP contribution in [0.15, 0.2) is 36.4 Å². The summed E-state index contributed by atoms with van der Waals surface area (Å²) in [6.07, 6.45) is 0. The SMILES string of the molecule is COc1ccc2nc(N3CCN(c4ccc(Cl)c(Cl)c4)CC3)sc2c1. The monoisotopic (exact) mass is 393 g/mol. The van der Waals surface area contributed by atoms with Gasteiger partial charge in [-0.05, 0) is 36.4 Å². The third-order valence-corrected chi connectivity index (χ3v) is 6.22. The van der Waals surface area contributed by atoms with E-state index >= 15 is 0 Å². The van der Waals surface area contributed by atoms with Gasteiger partial charge in [-0.2, -0.15) is 0 Å². The van der Waals surface area contributed by atoms with Crippen molar-refractivity contribution in [2.45, 2.75) is 0 Å². The molecule has 2 heterocycles. The van der Waals surface area contributed by atoms with E-state index in [9.17, 15) is 0 Å². The highest BCUT2D eigenvalue weighted by molar-refractivity contribution is 7.22. The highest BCUT2D eigenvalue weighted by Crippen LogP contribution is 2.33. The first-order chi connectivity index (χ1) is 12.1. The van der Waals surface area contributed by atoms with Crippen LogP contribution < -0.4 is 14.5 Å². The molecular weight excluding hydrogens is 377 g/mol. The van der Waals surface area contributed by atoms with Gasteiger partial charge in [-0.1, -0.05) is 34.5 Å². The molecule has 0 unspecified atom stereocenters. The summed E-state index contributed by atoms with van der Waals surface area (Å²) in [5, 5.41) is 2.26. The average Bonchev–Trinajstić information content (AvgIpc) is 3.07. The molecule has 1 fully saturated rings. The Morgan fingerprint density at radius 3 is 2.44 bits per heavy atom. The molecule has 2 aromatic carbocycles. The van der Waals surface area contributed by atoms with Crippen molar-refractivity contribution in [2.24, 2.45) is 0 Å². The zero-order valence-corrected chi connectivity index (χ0v) is 16.0. The van der Waals surface area contributed by atoms with E-state index in [-0.39, 0.29) is 0 Å². The number of methoxy groups -OCH3 is 1. The molecule has 0 bridgehead atoms. The van der Waals surface area contributed by atoms with Crippen LogP contribution in [-0.4, -0.2) is 38.3 Å². The predicted octanol–water partition coefficient (Wildman–Crippen LogP) is 4.94. The first-order valence-electron chi connectivity index (χ1n) is 8.03. The number of hydrogen-bond acceptors (Lipinski definition) is 5. The minimum atomic E-state index is 0.592. The normalized spacial score (nSPS) is 15.0. The molecule has 4 nitrogen and oxygen atoms in total. The van der Waals surface area contributed by atoms with Gasteiger partial charge >= 0.3 is 0 Å². The standard InChI is InChI=1S/C18H17Cl2N3OS/c1-24-13-3-5-16-17(11-13)25-18(21-16)23-8-6-22(7-9-23)12-2-4-14(19)15(20)10-12/h2-5,10-11H,6-9H2,1H3. The van der Waals surface area contributed by atoms with Gasteiger partial charge in [0.15, 0.2) is 5.13 Å². The minimum absolute atomic E-state index is 0.592. The van der Waals surface area contributed by atoms with E-state index in [4.69, 9.17) is 32.9 Å². The van der Waals surface area contributed by atoms with Gasteiger partial charge < -0.3 is 14.5 Å². The highest BCUT2D eigenvalue weighted by Gasteiger charge is 2.20. The van der Waals surface area contributed by atoms with E-state index in [2.05, 4.69) is 9.80 Å². The Bertz CT molecular complexity index is 906. The lowest BCUT2D eigenvalue weighted by molar-refractivity contribution is 0.415. The van der Waals surface area contributed by atoms with Crippen molar-refractivity contribution in [3.8, 4) is 5.75 Å². The quantitative estimate of drug-likeness (QED) is 0.629. The first-order valence-corrected chi connectivity index (χ1v) is 9.61. The van der Waals surface area contributed by atoms with Crippen LogP contribution in [0, 0.1) is 0 Å². The summed E-state index contributed by atoms with van der Waals surface area (Å²) in [6.45, 7) is 3.71. The molecule has 0 radical (unpaired) electrons. The second-order valence-corrected chi connectivity index (χ2v) is 7.73. The number of anilines is 2. The number of ether oxygens (including phenoxy) is 1. The second-order valence-electron chi connectivity index (χ2n) is 5.90. The van der Waals surface area contributed by atoms with Crippen LogP contribution in [0.2, 0.25) is 10.0 Å². The summed E-state index contributed by atoms with van der Waals surface area (Å²) in [4.78, 5) is 9.43. The molecule has 4 rings (SSSR count). The number of nitrogens with zero attached hydrogens (tertiary/aromatic N) is 3. The number of fused-ring (bicyclic) bond motifs is 1. The molecule has 0 N–H and O–H groups in total. The van der Waals surface area contributed by atoms with Gasteiger partial charge in [0.25, 0.3) is 0 Å². The molecule has 0 aliphatic carbocycles. The molecule has 1 aliphatic rings. The lowest BCUT2D eigenvalue weighted by Crippen LogP contribution is -2.46. The molecular formula is C18H17Cl2N3OS. The van der Waals surface area contributed by atoms with Crippen molar-refractivity contribution in [3.05, 3.63) is 46.4 Å². The summed E-state index contributed by atoms with van der Waals surface area (Å²) < 4.78 is 6.45. The van der Waals surface area contributed by atoms with Gasteiger partial charge in [-0.3, -0.25) is 0 Å². The van der Waals surface area contributed by atoms with Crippen molar-refractivity contribution in [2.75, 3.05) is 43.1 Å². The van der Waals surface area contributed by atoms with E-state index in [1.54, 1.807) is 18.4 Å². The van der Waals surface area contributed by atoms with Crippen molar-refractivity contribution in [3.63, 3.8) is 0 Å². The zero-order valence-electron chi connectivity index (χ0n) is 13.7. The smallest absolute Gasteiger partial charge is 0.186 e. The Labute approximate surface area is 160 Å². The number of rotatable bonds is 3. The largest absolute Gasteiger partial charge is 0.497 e. The Kier molecular flexibility index (Phi) is 4.63. The lowest BCUT2D eigenvalue weighted by atomic mass is 10.2. The van der Waals surface area contributed by atoms with Crippen LogP contribution in [0.3, 0.4) is 0 Å². The van der Waals surface area contributed by atoms with E-state index in [0.717, 1.165) is 53.0 Å². The summed E-state index contributed by atoms with van der Waals surface area (Å²) in [5.41, 5.74) is 2.13. The molecule has 1 aliphatic heterocycles. The number of thiazole rings is 1. The van der Waals surface area contributed by atoms with E-state index in [1.165, 1.54) is 0 Å². The number of benzene rings is 2. The topological polar surface area (TPSA) is 28.6 Å². The number of piperazine rings is 1. The second kappa shape index (κ2) is 6.90. The van der Waals surface area contributed by atoms with Gasteiger partial charge in [0.2, 0.25) is 0 Å². The summed E-state index contributed by atoms with van der Waals surface area (Å²) in [5.74, 6) is 0.868. The van der Waals surface area contributed by atoms with Crippen molar-refractivity contribution >= 4 is 55.6 Å². The van der Waals surface area contributed by atoms with Crippen LogP contribution in [0.4, 0.5) is 10.8 Å². The Balaban J connectivity index is 1.48. The fourth-order valence-electron chi connectivity index (χ4n) is 2.99. The van der Waals surface area contributed by atoms with Crippen LogP contribution >= 0.6 is 34.5 Å². The molecule has 0 spiro atoms. The average molecular weight is 394 g/mol. The van der Waals surface area contributed by atoms with Crippen molar-refractivity contribution in [1.82, 2.24) is 4.98 Å². The Hall–Kier alpha value is -1.69. The zero-order chi connectivity index (χ0) is 17.4. The van der Waals surface area contributed by atoms with Crippen LogP contribution in [0.25, 0.3) is 10.2 Å². The third-order valence-electron chi connectivity index (χ3n) is 4.40. The molecule has 0 saturated carbocycles. The van der Waals surface area contributed by atoms with Crippen LogP contribution in [-0.2, 0) is 0 Å². The highest BCUT2D eigenvalue weighted by atomic mass is 35.5. The molecule has 7 heteroatoms. The molecule has 1 aromatic heterocycles. The predicted molar refractivity (Wildman–Crippen MR) is 107 cm³/mol. The van der Waals surface area contributed by atoms with Gasteiger partial charge in [0, 0.05) is 31.9 Å². The van der Waals surface area contributed by atoms with Crippen LogP contribution in [0.5, 0.6) is 5.75 Å². The molecule has 0 atom stereocenters. The van der Waals surface area contributed by atoms with Gasteiger partial charge in [-0.15, -0.1) is 0 Å². The fourth-order valence-corrected chi connectivity index (χ4v) is 4.33. The van der Waals surface area contributed by atoms with Crippen molar-refractivity contribution < 1.29 is 4.74 Å². The third kappa shape index (κ3) is 3.36. The molecule has 1 saturated heterocycles. The molecule has 3 aromatic rings. The fraction of sp³-hybridized carbons (Fsp3) is 0.278. The maximum Gasteiger partial charge on any atom is 0.186 e. The van der Waals surface area contributed by atoms with Gasteiger partial charge in [0.05, 0.1) is 27.4 Å². The Morgan fingerprint density at radius 2 is 1.72 bits per heavy atom. The van der Waals surface area contributed by atoms with E-state index in [0.29, 0.717) is 10.0 Å².